The Bertz CT molecular complexity index is 329. The van der Waals surface area contributed by atoms with E-state index in [-0.39, 0.29) is 24.4 Å². The molecule has 0 amide bonds. The van der Waals surface area contributed by atoms with Crippen molar-refractivity contribution in [3.63, 3.8) is 0 Å². The molecule has 1 aliphatic heterocycles. The highest BCUT2D eigenvalue weighted by molar-refractivity contribution is 5.85. The number of carbonyl (C=O) groups is 1. The molecule has 2 N–H and O–H groups in total. The summed E-state index contributed by atoms with van der Waals surface area (Å²) in [5.41, 5.74) is 1.07. The van der Waals surface area contributed by atoms with E-state index in [1.54, 1.807) is 0 Å². The van der Waals surface area contributed by atoms with Gasteiger partial charge in [0.2, 0.25) is 0 Å². The highest BCUT2D eigenvalue weighted by Crippen LogP contribution is 2.29. The van der Waals surface area contributed by atoms with Gasteiger partial charge in [-0.2, -0.15) is 0 Å². The fraction of sp³-hybridized carbons (Fsp3) is 0.364. The van der Waals surface area contributed by atoms with Gasteiger partial charge in [-0.25, -0.2) is 0 Å². The van der Waals surface area contributed by atoms with Crippen molar-refractivity contribution in [1.29, 1.82) is 0 Å². The van der Waals surface area contributed by atoms with Crippen LogP contribution >= 0.6 is 12.4 Å². The molecular weight excluding hydrogens is 214 g/mol. The van der Waals surface area contributed by atoms with Gasteiger partial charge in [0.15, 0.2) is 0 Å². The van der Waals surface area contributed by atoms with Gasteiger partial charge < -0.3 is 10.4 Å². The van der Waals surface area contributed by atoms with Crippen LogP contribution in [0.2, 0.25) is 0 Å². The molecule has 1 aliphatic rings. The fourth-order valence-electron chi connectivity index (χ4n) is 1.98. The van der Waals surface area contributed by atoms with Crippen LogP contribution in [0.1, 0.15) is 18.0 Å². The van der Waals surface area contributed by atoms with Crippen molar-refractivity contribution in [2.45, 2.75) is 12.5 Å². The molecule has 15 heavy (non-hydrogen) atoms. The lowest BCUT2D eigenvalue weighted by molar-refractivity contribution is -0.142. The summed E-state index contributed by atoms with van der Waals surface area (Å²) in [5, 5.41) is 12.2. The van der Waals surface area contributed by atoms with Crippen LogP contribution in [0.4, 0.5) is 0 Å². The first-order valence-corrected chi connectivity index (χ1v) is 4.80. The Balaban J connectivity index is 0.00000112. The molecular formula is C11H14ClNO2. The lowest BCUT2D eigenvalue weighted by Gasteiger charge is -2.15. The maximum absolute atomic E-state index is 10.9. The first-order chi connectivity index (χ1) is 6.79. The summed E-state index contributed by atoms with van der Waals surface area (Å²) in [6, 6.07) is 9.74. The summed E-state index contributed by atoms with van der Waals surface area (Å²) < 4.78 is 0. The van der Waals surface area contributed by atoms with E-state index in [0.29, 0.717) is 0 Å². The topological polar surface area (TPSA) is 49.3 Å². The Morgan fingerprint density at radius 1 is 1.33 bits per heavy atom. The van der Waals surface area contributed by atoms with E-state index in [9.17, 15) is 4.79 Å². The van der Waals surface area contributed by atoms with E-state index in [2.05, 4.69) is 5.32 Å². The molecule has 0 spiro atoms. The monoisotopic (exact) mass is 227 g/mol. The van der Waals surface area contributed by atoms with Crippen molar-refractivity contribution >= 4 is 18.4 Å². The van der Waals surface area contributed by atoms with Crippen molar-refractivity contribution in [3.05, 3.63) is 35.9 Å². The first-order valence-electron chi connectivity index (χ1n) is 4.80. The molecule has 0 saturated carbocycles. The Kier molecular flexibility index (Phi) is 4.12. The van der Waals surface area contributed by atoms with Crippen LogP contribution in [0.3, 0.4) is 0 Å². The Morgan fingerprint density at radius 2 is 2.00 bits per heavy atom. The second-order valence-electron chi connectivity index (χ2n) is 3.58. The maximum Gasteiger partial charge on any atom is 0.308 e. The molecule has 1 saturated heterocycles. The molecule has 1 aromatic rings. The van der Waals surface area contributed by atoms with Gasteiger partial charge in [0.05, 0.1) is 5.92 Å². The van der Waals surface area contributed by atoms with Crippen LogP contribution in [-0.4, -0.2) is 17.6 Å². The van der Waals surface area contributed by atoms with Gasteiger partial charge in [0.25, 0.3) is 0 Å². The van der Waals surface area contributed by atoms with Crippen molar-refractivity contribution < 1.29 is 9.90 Å². The average Bonchev–Trinajstić information content (AvgIpc) is 2.67. The number of nitrogens with one attached hydrogen (secondary N) is 1. The zero-order chi connectivity index (χ0) is 9.97. The standard InChI is InChI=1S/C11H13NO2.ClH/c13-11(14)9-6-7-12-10(9)8-4-2-1-3-5-8;/h1-5,9-10,12H,6-7H2,(H,13,14);1H. The van der Waals surface area contributed by atoms with E-state index < -0.39 is 5.97 Å². The molecule has 0 bridgehead atoms. The van der Waals surface area contributed by atoms with Gasteiger partial charge in [-0.15, -0.1) is 12.4 Å². The van der Waals surface area contributed by atoms with Crippen molar-refractivity contribution in [3.8, 4) is 0 Å². The van der Waals surface area contributed by atoms with Gasteiger partial charge in [-0.1, -0.05) is 30.3 Å². The molecule has 2 rings (SSSR count). The second-order valence-corrected chi connectivity index (χ2v) is 3.58. The molecule has 2 atom stereocenters. The van der Waals surface area contributed by atoms with Crippen LogP contribution < -0.4 is 5.32 Å². The highest BCUT2D eigenvalue weighted by Gasteiger charge is 2.33. The molecule has 0 aliphatic carbocycles. The third kappa shape index (κ3) is 2.49. The molecule has 1 fully saturated rings. The predicted molar refractivity (Wildman–Crippen MR) is 60.2 cm³/mol. The summed E-state index contributed by atoms with van der Waals surface area (Å²) >= 11 is 0. The minimum absolute atomic E-state index is 0. The largest absolute Gasteiger partial charge is 0.481 e. The summed E-state index contributed by atoms with van der Waals surface area (Å²) in [4.78, 5) is 10.9. The maximum atomic E-state index is 10.9. The zero-order valence-electron chi connectivity index (χ0n) is 8.22. The van der Waals surface area contributed by atoms with Gasteiger partial charge in [0.1, 0.15) is 0 Å². The number of hydrogen-bond acceptors (Lipinski definition) is 2. The van der Waals surface area contributed by atoms with Crippen molar-refractivity contribution in [2.24, 2.45) is 5.92 Å². The van der Waals surface area contributed by atoms with Gasteiger partial charge >= 0.3 is 5.97 Å². The summed E-state index contributed by atoms with van der Waals surface area (Å²) in [5.74, 6) is -0.985. The van der Waals surface area contributed by atoms with E-state index in [1.165, 1.54) is 0 Å². The van der Waals surface area contributed by atoms with Crippen LogP contribution in [0, 0.1) is 5.92 Å². The minimum Gasteiger partial charge on any atom is -0.481 e. The van der Waals surface area contributed by atoms with Gasteiger partial charge in [-0.05, 0) is 18.5 Å². The number of hydrogen-bond donors (Lipinski definition) is 2. The highest BCUT2D eigenvalue weighted by atomic mass is 35.5. The lowest BCUT2D eigenvalue weighted by atomic mass is 9.94. The van der Waals surface area contributed by atoms with Gasteiger partial charge in [-0.3, -0.25) is 4.79 Å². The first kappa shape index (κ1) is 12.0. The Labute approximate surface area is 94.9 Å². The van der Waals surface area contributed by atoms with Crippen LogP contribution in [0.15, 0.2) is 30.3 Å². The number of carboxylic acids is 1. The third-order valence-electron chi connectivity index (χ3n) is 2.70. The van der Waals surface area contributed by atoms with E-state index in [0.717, 1.165) is 18.5 Å². The quantitative estimate of drug-likeness (QED) is 0.811. The molecule has 2 unspecified atom stereocenters. The fourth-order valence-corrected chi connectivity index (χ4v) is 1.98. The molecule has 1 aromatic carbocycles. The van der Waals surface area contributed by atoms with Crippen LogP contribution in [0.5, 0.6) is 0 Å². The van der Waals surface area contributed by atoms with E-state index in [1.807, 2.05) is 30.3 Å². The molecule has 4 heteroatoms. The normalized spacial score (nSPS) is 24.5. The molecule has 0 radical (unpaired) electrons. The lowest BCUT2D eigenvalue weighted by Crippen LogP contribution is -2.23. The third-order valence-corrected chi connectivity index (χ3v) is 2.70. The minimum atomic E-state index is -0.705. The Hall–Kier alpha value is -1.06. The number of halogens is 1. The van der Waals surface area contributed by atoms with Crippen LogP contribution in [-0.2, 0) is 4.79 Å². The summed E-state index contributed by atoms with van der Waals surface area (Å²) in [6.07, 6.45) is 0.717. The van der Waals surface area contributed by atoms with Crippen molar-refractivity contribution in [2.75, 3.05) is 6.54 Å². The number of rotatable bonds is 2. The second kappa shape index (κ2) is 5.14. The van der Waals surface area contributed by atoms with E-state index in [4.69, 9.17) is 5.11 Å². The summed E-state index contributed by atoms with van der Waals surface area (Å²) in [7, 11) is 0. The molecule has 82 valence electrons. The zero-order valence-corrected chi connectivity index (χ0v) is 9.04. The van der Waals surface area contributed by atoms with Gasteiger partial charge in [0, 0.05) is 6.04 Å². The number of carboxylic acid groups (broad SMARTS) is 1. The van der Waals surface area contributed by atoms with Crippen molar-refractivity contribution in [1.82, 2.24) is 5.32 Å². The van der Waals surface area contributed by atoms with E-state index >= 15 is 0 Å². The Morgan fingerprint density at radius 3 is 2.60 bits per heavy atom. The number of benzene rings is 1. The average molecular weight is 228 g/mol. The smallest absolute Gasteiger partial charge is 0.308 e. The summed E-state index contributed by atoms with van der Waals surface area (Å²) in [6.45, 7) is 0.788. The molecule has 0 aromatic heterocycles. The molecule has 1 heterocycles. The SMILES string of the molecule is Cl.O=C(O)C1CCNC1c1ccccc1. The van der Waals surface area contributed by atoms with Crippen LogP contribution in [0.25, 0.3) is 0 Å². The predicted octanol–water partition coefficient (Wildman–Crippen LogP) is 1.84. The molecule has 3 nitrogen and oxygen atoms in total. The number of aliphatic carboxylic acids is 1.